The fourth-order valence-corrected chi connectivity index (χ4v) is 1.74. The molecule has 0 spiro atoms. The lowest BCUT2D eigenvalue weighted by Crippen LogP contribution is -2.05. The normalized spacial score (nSPS) is 9.90. The van der Waals surface area contributed by atoms with E-state index < -0.39 is 0 Å². The van der Waals surface area contributed by atoms with E-state index in [1.165, 1.54) is 12.1 Å². The van der Waals surface area contributed by atoms with Gasteiger partial charge in [0.1, 0.15) is 5.82 Å². The number of benzene rings is 1. The first-order valence-corrected chi connectivity index (χ1v) is 5.45. The molecule has 106 valence electrons. The van der Waals surface area contributed by atoms with Gasteiger partial charge in [-0.25, -0.2) is 4.39 Å². The molecule has 0 atom stereocenters. The molecule has 3 rings (SSSR count). The van der Waals surface area contributed by atoms with E-state index in [0.29, 0.717) is 11.5 Å². The average Bonchev–Trinajstić information content (AvgIpc) is 2.81. The summed E-state index contributed by atoms with van der Waals surface area (Å²) in [5.41, 5.74) is 7.74. The molecule has 5 nitrogen and oxygen atoms in total. The smallest absolute Gasteiger partial charge is 0.177 e. The Labute approximate surface area is 126 Å². The molecule has 8 heteroatoms. The SMILES string of the molecule is Cl.Cl.NCc1nnc2ccc(-c3ccc(F)cc3)nn12. The summed E-state index contributed by atoms with van der Waals surface area (Å²) in [6.45, 7) is 0.265. The van der Waals surface area contributed by atoms with Crippen LogP contribution in [0.2, 0.25) is 0 Å². The molecule has 0 aliphatic rings. The third kappa shape index (κ3) is 2.87. The zero-order valence-electron chi connectivity index (χ0n) is 10.2. The van der Waals surface area contributed by atoms with Crippen molar-refractivity contribution in [2.24, 2.45) is 5.73 Å². The summed E-state index contributed by atoms with van der Waals surface area (Å²) in [4.78, 5) is 0. The highest BCUT2D eigenvalue weighted by Crippen LogP contribution is 2.17. The van der Waals surface area contributed by atoms with Crippen LogP contribution in [0.5, 0.6) is 0 Å². The van der Waals surface area contributed by atoms with Gasteiger partial charge in [0.25, 0.3) is 0 Å². The standard InChI is InChI=1S/C12H10FN5.2ClH/c13-9-3-1-8(2-4-9)10-5-6-11-15-16-12(7-14)18(11)17-10;;/h1-6H,7,14H2;2*1H. The molecule has 0 fully saturated rings. The average molecular weight is 316 g/mol. The van der Waals surface area contributed by atoms with E-state index in [4.69, 9.17) is 5.73 Å². The third-order valence-corrected chi connectivity index (χ3v) is 2.65. The van der Waals surface area contributed by atoms with E-state index in [1.807, 2.05) is 6.07 Å². The van der Waals surface area contributed by atoms with Gasteiger partial charge >= 0.3 is 0 Å². The highest BCUT2D eigenvalue weighted by Gasteiger charge is 2.07. The van der Waals surface area contributed by atoms with Crippen molar-refractivity contribution in [1.82, 2.24) is 19.8 Å². The van der Waals surface area contributed by atoms with Gasteiger partial charge in [-0.1, -0.05) is 0 Å². The van der Waals surface area contributed by atoms with Gasteiger partial charge in [-0.3, -0.25) is 0 Å². The molecule has 0 unspecified atom stereocenters. The van der Waals surface area contributed by atoms with Gasteiger partial charge in [0.15, 0.2) is 11.5 Å². The van der Waals surface area contributed by atoms with Crippen LogP contribution in [0, 0.1) is 5.82 Å². The van der Waals surface area contributed by atoms with Gasteiger partial charge in [-0.2, -0.15) is 9.61 Å². The quantitative estimate of drug-likeness (QED) is 0.787. The van der Waals surface area contributed by atoms with Crippen LogP contribution in [0.15, 0.2) is 36.4 Å². The molecule has 0 radical (unpaired) electrons. The summed E-state index contributed by atoms with van der Waals surface area (Å²) < 4.78 is 14.5. The van der Waals surface area contributed by atoms with Gasteiger partial charge in [-0.15, -0.1) is 35.0 Å². The molecule has 1 aromatic carbocycles. The lowest BCUT2D eigenvalue weighted by molar-refractivity contribution is 0.628. The summed E-state index contributed by atoms with van der Waals surface area (Å²) in [5, 5.41) is 12.3. The Bertz CT molecular complexity index is 699. The van der Waals surface area contributed by atoms with E-state index >= 15 is 0 Å². The largest absolute Gasteiger partial charge is 0.324 e. The van der Waals surface area contributed by atoms with Crippen LogP contribution in [0.1, 0.15) is 5.82 Å². The molecule has 0 saturated heterocycles. The van der Waals surface area contributed by atoms with Crippen molar-refractivity contribution in [2.75, 3.05) is 0 Å². The van der Waals surface area contributed by atoms with Crippen LogP contribution in [0.25, 0.3) is 16.9 Å². The second kappa shape index (κ2) is 6.60. The Hall–Kier alpha value is -1.76. The Kier molecular flexibility index (Phi) is 5.38. The van der Waals surface area contributed by atoms with Crippen molar-refractivity contribution in [3.63, 3.8) is 0 Å². The minimum absolute atomic E-state index is 0. The Morgan fingerprint density at radius 2 is 1.70 bits per heavy atom. The van der Waals surface area contributed by atoms with Crippen molar-refractivity contribution >= 4 is 30.5 Å². The molecular weight excluding hydrogens is 304 g/mol. The van der Waals surface area contributed by atoms with Gasteiger partial charge in [0, 0.05) is 5.56 Å². The Morgan fingerprint density at radius 1 is 1.00 bits per heavy atom. The number of rotatable bonds is 2. The second-order valence-corrected chi connectivity index (χ2v) is 3.82. The molecule has 2 heterocycles. The van der Waals surface area contributed by atoms with E-state index in [-0.39, 0.29) is 37.2 Å². The maximum atomic E-state index is 12.9. The molecule has 2 aromatic heterocycles. The summed E-state index contributed by atoms with van der Waals surface area (Å²) >= 11 is 0. The van der Waals surface area contributed by atoms with Crippen molar-refractivity contribution < 1.29 is 4.39 Å². The molecule has 0 aliphatic heterocycles. The molecule has 20 heavy (non-hydrogen) atoms. The number of nitrogens with zero attached hydrogens (tertiary/aromatic N) is 4. The number of fused-ring (bicyclic) bond motifs is 1. The number of hydrogen-bond acceptors (Lipinski definition) is 4. The van der Waals surface area contributed by atoms with Crippen molar-refractivity contribution in [1.29, 1.82) is 0 Å². The van der Waals surface area contributed by atoms with Crippen LogP contribution >= 0.6 is 24.8 Å². The maximum Gasteiger partial charge on any atom is 0.177 e. The van der Waals surface area contributed by atoms with Gasteiger partial charge in [-0.05, 0) is 36.4 Å². The van der Waals surface area contributed by atoms with Crippen LogP contribution in [0.3, 0.4) is 0 Å². The molecule has 2 N–H and O–H groups in total. The predicted octanol–water partition coefficient (Wildman–Crippen LogP) is 2.23. The number of nitrogens with two attached hydrogens (primary N) is 1. The Morgan fingerprint density at radius 3 is 2.35 bits per heavy atom. The predicted molar refractivity (Wildman–Crippen MR) is 78.6 cm³/mol. The minimum Gasteiger partial charge on any atom is -0.324 e. The second-order valence-electron chi connectivity index (χ2n) is 3.82. The van der Waals surface area contributed by atoms with Gasteiger partial charge < -0.3 is 5.73 Å². The number of halogens is 3. The first kappa shape index (κ1) is 16.3. The summed E-state index contributed by atoms with van der Waals surface area (Å²) in [6.07, 6.45) is 0. The lowest BCUT2D eigenvalue weighted by Gasteiger charge is -2.02. The third-order valence-electron chi connectivity index (χ3n) is 2.65. The van der Waals surface area contributed by atoms with Gasteiger partial charge in [0.2, 0.25) is 0 Å². The van der Waals surface area contributed by atoms with Crippen molar-refractivity contribution in [2.45, 2.75) is 6.54 Å². The first-order valence-electron chi connectivity index (χ1n) is 5.45. The molecule has 0 amide bonds. The molecule has 3 aromatic rings. The van der Waals surface area contributed by atoms with Crippen LogP contribution < -0.4 is 5.73 Å². The topological polar surface area (TPSA) is 69.1 Å². The highest BCUT2D eigenvalue weighted by atomic mass is 35.5. The van der Waals surface area contributed by atoms with Crippen LogP contribution in [-0.4, -0.2) is 19.8 Å². The summed E-state index contributed by atoms with van der Waals surface area (Å²) in [6, 6.07) is 9.77. The maximum absolute atomic E-state index is 12.9. The van der Waals surface area contributed by atoms with E-state index in [0.717, 1.165) is 11.3 Å². The molecule has 0 saturated carbocycles. The molecule has 0 bridgehead atoms. The number of hydrogen-bond donors (Lipinski definition) is 1. The Balaban J connectivity index is 0.000001000. The fourth-order valence-electron chi connectivity index (χ4n) is 1.74. The van der Waals surface area contributed by atoms with E-state index in [2.05, 4.69) is 15.3 Å². The monoisotopic (exact) mass is 315 g/mol. The van der Waals surface area contributed by atoms with Crippen molar-refractivity contribution in [3.05, 3.63) is 48.0 Å². The zero-order chi connectivity index (χ0) is 12.5. The number of aromatic nitrogens is 4. The minimum atomic E-state index is -0.272. The van der Waals surface area contributed by atoms with E-state index in [9.17, 15) is 4.39 Å². The van der Waals surface area contributed by atoms with Crippen LogP contribution in [0.4, 0.5) is 4.39 Å². The zero-order valence-corrected chi connectivity index (χ0v) is 11.9. The summed E-state index contributed by atoms with van der Waals surface area (Å²) in [7, 11) is 0. The summed E-state index contributed by atoms with van der Waals surface area (Å²) in [5.74, 6) is 0.320. The molecular formula is C12H12Cl2FN5. The van der Waals surface area contributed by atoms with E-state index in [1.54, 1.807) is 22.7 Å². The first-order chi connectivity index (χ1) is 8.78. The molecule has 0 aliphatic carbocycles. The lowest BCUT2D eigenvalue weighted by atomic mass is 10.1. The van der Waals surface area contributed by atoms with Crippen molar-refractivity contribution in [3.8, 4) is 11.3 Å². The van der Waals surface area contributed by atoms with Crippen LogP contribution in [-0.2, 0) is 6.54 Å². The van der Waals surface area contributed by atoms with Gasteiger partial charge in [0.05, 0.1) is 12.2 Å². The highest BCUT2D eigenvalue weighted by molar-refractivity contribution is 5.85. The fraction of sp³-hybridized carbons (Fsp3) is 0.0833.